The molecule has 0 unspecified atom stereocenters. The molecule has 0 bridgehead atoms. The smallest absolute Gasteiger partial charge is 0.321 e. The Bertz CT molecular complexity index is 605. The molecule has 0 fully saturated rings. The minimum Gasteiger partial charge on any atom is -0.321 e. The van der Waals surface area contributed by atoms with Crippen molar-refractivity contribution < 1.29 is 39.0 Å². The fraction of sp³-hybridized carbons (Fsp3) is 0.800. The quantitative estimate of drug-likeness (QED) is 0.169. The Labute approximate surface area is 143 Å². The predicted molar refractivity (Wildman–Crippen MR) is 71.9 cm³/mol. The molecule has 144 valence electrons. The van der Waals surface area contributed by atoms with E-state index in [4.69, 9.17) is 0 Å². The third kappa shape index (κ3) is 4.56. The first kappa shape index (κ1) is 22.1. The van der Waals surface area contributed by atoms with E-state index in [0.29, 0.717) is 0 Å². The summed E-state index contributed by atoms with van der Waals surface area (Å²) in [7, 11) is 0. The molecule has 0 N–H and O–H groups in total. The highest BCUT2D eigenvalue weighted by Crippen LogP contribution is 2.20. The molecule has 0 aromatic rings. The Morgan fingerprint density at radius 1 is 0.654 bits per heavy atom. The molecule has 0 radical (unpaired) electrons. The maximum atomic E-state index is 10.8. The second-order valence-electron chi connectivity index (χ2n) is 3.95. The minimum atomic E-state index is -4.16. The van der Waals surface area contributed by atoms with Crippen molar-refractivity contribution in [3.8, 4) is 0 Å². The maximum absolute atomic E-state index is 10.8. The molecule has 0 aromatic carbocycles. The molecule has 0 aliphatic rings. The monoisotopic (exact) mass is 404 g/mol. The topological polar surface area (TPSA) is 277 Å². The van der Waals surface area contributed by atoms with E-state index in [2.05, 4.69) is 21.7 Å². The average molecular weight is 404 g/mol. The molecule has 26 heavy (non-hydrogen) atoms. The molecule has 0 aliphatic carbocycles. The van der Waals surface area contributed by atoms with Gasteiger partial charge in [-0.05, 0) is 0 Å². The van der Waals surface area contributed by atoms with Crippen LogP contribution >= 0.6 is 12.2 Å². The SMILES string of the molecule is O=[N+]([O-])CC(OC(=S)OC(C[N+](=O)[O-])([N+](=O)[O-])[N+](=O)[O-])([N+](=O)[O-])[N+](=O)[O-]. The number of nitro groups is 6. The van der Waals surface area contributed by atoms with Crippen LogP contribution in [0.2, 0.25) is 0 Å². The van der Waals surface area contributed by atoms with E-state index >= 15 is 0 Å². The average Bonchev–Trinajstić information content (AvgIpc) is 2.43. The van der Waals surface area contributed by atoms with E-state index in [1.807, 2.05) is 0 Å². The van der Waals surface area contributed by atoms with Crippen LogP contribution in [0.3, 0.4) is 0 Å². The van der Waals surface area contributed by atoms with E-state index in [1.54, 1.807) is 0 Å². The molecule has 0 atom stereocenters. The Morgan fingerprint density at radius 3 is 1.04 bits per heavy atom. The van der Waals surface area contributed by atoms with Crippen molar-refractivity contribution in [3.63, 3.8) is 0 Å². The lowest BCUT2D eigenvalue weighted by Crippen LogP contribution is -2.59. The predicted octanol–water partition coefficient (Wildman–Crippen LogP) is -1.73. The lowest BCUT2D eigenvalue weighted by Gasteiger charge is -2.17. The van der Waals surface area contributed by atoms with Crippen LogP contribution in [-0.4, -0.2) is 59.6 Å². The molecule has 0 heterocycles. The van der Waals surface area contributed by atoms with Crippen molar-refractivity contribution in [2.75, 3.05) is 13.1 Å². The highest BCUT2D eigenvalue weighted by molar-refractivity contribution is 7.79. The number of rotatable bonds is 10. The third-order valence-corrected chi connectivity index (χ3v) is 2.47. The summed E-state index contributed by atoms with van der Waals surface area (Å²) in [5, 5.41) is 61.9. The van der Waals surface area contributed by atoms with Gasteiger partial charge in [-0.3, -0.25) is 60.7 Å². The number of thiocarbonyl (C=S) groups is 1. The lowest BCUT2D eigenvalue weighted by molar-refractivity contribution is -0.873. The summed E-state index contributed by atoms with van der Waals surface area (Å²) in [6.07, 6.45) is 0. The first-order chi connectivity index (χ1) is 11.7. The van der Waals surface area contributed by atoms with E-state index in [0.717, 1.165) is 0 Å². The number of hydrogen-bond donors (Lipinski definition) is 0. The zero-order chi connectivity index (χ0) is 20.9. The largest absolute Gasteiger partial charge is 0.688 e. The van der Waals surface area contributed by atoms with Crippen molar-refractivity contribution >= 4 is 17.5 Å². The van der Waals surface area contributed by atoms with Crippen molar-refractivity contribution in [1.29, 1.82) is 0 Å². The van der Waals surface area contributed by atoms with Crippen LogP contribution in [0.5, 0.6) is 0 Å². The number of hydrogen-bond acceptors (Lipinski definition) is 15. The summed E-state index contributed by atoms with van der Waals surface area (Å²) >= 11 is 4.03. The van der Waals surface area contributed by atoms with Crippen LogP contribution in [0.4, 0.5) is 0 Å². The molecule has 0 saturated heterocycles. The van der Waals surface area contributed by atoms with Gasteiger partial charge in [-0.25, -0.2) is 0 Å². The van der Waals surface area contributed by atoms with Gasteiger partial charge in [-0.2, -0.15) is 0 Å². The zero-order valence-electron chi connectivity index (χ0n) is 11.7. The highest BCUT2D eigenvalue weighted by atomic mass is 32.1. The van der Waals surface area contributed by atoms with Crippen LogP contribution in [0.15, 0.2) is 0 Å². The number of ether oxygens (including phenoxy) is 2. The van der Waals surface area contributed by atoms with E-state index in [-0.39, 0.29) is 0 Å². The second-order valence-corrected chi connectivity index (χ2v) is 4.28. The molecule has 21 heteroatoms. The summed E-state index contributed by atoms with van der Waals surface area (Å²) < 4.78 is 7.69. The fourth-order valence-electron chi connectivity index (χ4n) is 1.20. The molecule has 0 aliphatic heterocycles. The van der Waals surface area contributed by atoms with Gasteiger partial charge >= 0.3 is 30.0 Å². The highest BCUT2D eigenvalue weighted by Gasteiger charge is 2.71. The number of nitrogens with zero attached hydrogens (tertiary/aromatic N) is 6. The van der Waals surface area contributed by atoms with Gasteiger partial charge in [0.1, 0.15) is 19.7 Å². The molecule has 0 spiro atoms. The minimum absolute atomic E-state index is 1.58. The van der Waals surface area contributed by atoms with Gasteiger partial charge in [0.05, 0.1) is 0 Å². The molecule has 0 amide bonds. The van der Waals surface area contributed by atoms with Gasteiger partial charge in [-0.1, -0.05) is 0 Å². The van der Waals surface area contributed by atoms with E-state index in [9.17, 15) is 60.7 Å². The third-order valence-electron chi connectivity index (χ3n) is 2.30. The first-order valence-electron chi connectivity index (χ1n) is 5.45. The van der Waals surface area contributed by atoms with Gasteiger partial charge in [0, 0.05) is 22.1 Å². The van der Waals surface area contributed by atoms with Crippen molar-refractivity contribution in [3.05, 3.63) is 60.7 Å². The lowest BCUT2D eigenvalue weighted by atomic mass is 10.4. The van der Waals surface area contributed by atoms with Gasteiger partial charge in [-0.15, -0.1) is 0 Å². The standard InChI is InChI=1S/C5H4N6O14S/c12-6(13)1-4(8(16)17,9(18)19)24-3(26)25-5(10(20)21,11(22)23)2-7(14)15/h1-2H2. The Balaban J connectivity index is 5.93. The van der Waals surface area contributed by atoms with Gasteiger partial charge < -0.3 is 9.47 Å². The van der Waals surface area contributed by atoms with Gasteiger partial charge in [0.2, 0.25) is 0 Å². The van der Waals surface area contributed by atoms with Crippen molar-refractivity contribution in [2.45, 2.75) is 11.7 Å². The Kier molecular flexibility index (Phi) is 6.60. The maximum Gasteiger partial charge on any atom is 0.688 e. The summed E-state index contributed by atoms with van der Waals surface area (Å²) in [5.74, 6) is -8.32. The van der Waals surface area contributed by atoms with Crippen LogP contribution < -0.4 is 0 Å². The summed E-state index contributed by atoms with van der Waals surface area (Å²) in [6.45, 7) is -4.34. The molecular weight excluding hydrogens is 400 g/mol. The second kappa shape index (κ2) is 7.77. The molecule has 0 aromatic heterocycles. The van der Waals surface area contributed by atoms with E-state index < -0.39 is 59.6 Å². The fourth-order valence-corrected chi connectivity index (χ4v) is 1.47. The van der Waals surface area contributed by atoms with Crippen LogP contribution in [0, 0.1) is 60.7 Å². The Morgan fingerprint density at radius 2 is 0.885 bits per heavy atom. The summed E-state index contributed by atoms with van der Waals surface area (Å²) in [5.41, 5.74) is 0. The van der Waals surface area contributed by atoms with Crippen LogP contribution in [-0.2, 0) is 9.47 Å². The van der Waals surface area contributed by atoms with Crippen molar-refractivity contribution in [1.82, 2.24) is 0 Å². The summed E-state index contributed by atoms with van der Waals surface area (Å²) in [4.78, 5) is 52.9. The van der Waals surface area contributed by atoms with Gasteiger partial charge in [0.15, 0.2) is 0 Å². The Hall–Kier alpha value is -3.91. The van der Waals surface area contributed by atoms with Gasteiger partial charge in [0.25, 0.3) is 0 Å². The molecule has 20 nitrogen and oxygen atoms in total. The normalized spacial score (nSPS) is 11.1. The van der Waals surface area contributed by atoms with E-state index in [1.165, 1.54) is 0 Å². The first-order valence-corrected chi connectivity index (χ1v) is 5.85. The van der Waals surface area contributed by atoms with Crippen LogP contribution in [0.1, 0.15) is 0 Å². The summed E-state index contributed by atoms with van der Waals surface area (Å²) in [6, 6.07) is 0. The van der Waals surface area contributed by atoms with Crippen LogP contribution in [0.25, 0.3) is 0 Å². The zero-order valence-corrected chi connectivity index (χ0v) is 12.5. The van der Waals surface area contributed by atoms with Crippen molar-refractivity contribution in [2.24, 2.45) is 0 Å². The molecule has 0 saturated carbocycles. The molecular formula is C5H4N6O14S. The molecule has 0 rings (SSSR count).